The Morgan fingerprint density at radius 2 is 2.08 bits per heavy atom. The molecule has 1 heterocycles. The number of benzene rings is 1. The molecular formula is C17H16INO4S. The summed E-state index contributed by atoms with van der Waals surface area (Å²) in [6, 6.07) is 3.63. The number of imide groups is 1. The van der Waals surface area contributed by atoms with Gasteiger partial charge < -0.3 is 9.47 Å². The van der Waals surface area contributed by atoms with Crippen molar-refractivity contribution in [2.24, 2.45) is 0 Å². The minimum atomic E-state index is -0.270. The fourth-order valence-corrected chi connectivity index (χ4v) is 3.80. The van der Waals surface area contributed by atoms with Crippen LogP contribution in [0, 0.1) is 15.9 Å². The molecule has 0 saturated carbocycles. The highest BCUT2D eigenvalue weighted by Gasteiger charge is 2.33. The van der Waals surface area contributed by atoms with Crippen LogP contribution in [-0.4, -0.2) is 35.8 Å². The lowest BCUT2D eigenvalue weighted by atomic mass is 10.2. The molecule has 7 heteroatoms. The Morgan fingerprint density at radius 3 is 2.67 bits per heavy atom. The molecule has 0 aliphatic carbocycles. The molecule has 0 unspecified atom stereocenters. The normalized spacial score (nSPS) is 15.8. The maximum Gasteiger partial charge on any atom is 0.293 e. The van der Waals surface area contributed by atoms with Crippen molar-refractivity contribution in [2.75, 3.05) is 19.8 Å². The number of rotatable bonds is 6. The molecule has 1 fully saturated rings. The van der Waals surface area contributed by atoms with E-state index in [-0.39, 0.29) is 17.8 Å². The molecule has 0 radical (unpaired) electrons. The Morgan fingerprint density at radius 1 is 1.33 bits per heavy atom. The third-order valence-corrected chi connectivity index (χ3v) is 4.83. The van der Waals surface area contributed by atoms with Crippen molar-refractivity contribution in [3.8, 4) is 23.8 Å². The molecule has 0 atom stereocenters. The molecule has 126 valence electrons. The Hall–Kier alpha value is -1.66. The lowest BCUT2D eigenvalue weighted by Crippen LogP contribution is -2.27. The van der Waals surface area contributed by atoms with Crippen LogP contribution in [0.2, 0.25) is 0 Å². The maximum atomic E-state index is 12.2. The molecule has 24 heavy (non-hydrogen) atoms. The fourth-order valence-electron chi connectivity index (χ4n) is 2.11. The number of carbonyl (C=O) groups is 2. The third kappa shape index (κ3) is 4.05. The number of carbonyl (C=O) groups excluding carboxylic acids is 2. The van der Waals surface area contributed by atoms with Crippen molar-refractivity contribution in [3.63, 3.8) is 0 Å². The summed E-state index contributed by atoms with van der Waals surface area (Å²) in [5.74, 6) is 3.29. The number of hydrogen-bond acceptors (Lipinski definition) is 5. The van der Waals surface area contributed by atoms with Gasteiger partial charge in [0, 0.05) is 6.54 Å². The number of hydrogen-bond donors (Lipinski definition) is 0. The van der Waals surface area contributed by atoms with Crippen LogP contribution in [-0.2, 0) is 4.79 Å². The molecule has 1 aromatic rings. The van der Waals surface area contributed by atoms with E-state index in [0.29, 0.717) is 29.6 Å². The average molecular weight is 457 g/mol. The summed E-state index contributed by atoms with van der Waals surface area (Å²) in [6.07, 6.45) is 6.93. The van der Waals surface area contributed by atoms with Crippen molar-refractivity contribution in [3.05, 3.63) is 26.2 Å². The predicted octanol–water partition coefficient (Wildman–Crippen LogP) is 3.76. The van der Waals surface area contributed by atoms with Gasteiger partial charge in [-0.05, 0) is 72.0 Å². The zero-order valence-corrected chi connectivity index (χ0v) is 16.3. The lowest BCUT2D eigenvalue weighted by Gasteiger charge is -2.13. The Labute approximate surface area is 158 Å². The molecule has 5 nitrogen and oxygen atoms in total. The van der Waals surface area contributed by atoms with Gasteiger partial charge in [0.05, 0.1) is 15.1 Å². The maximum absolute atomic E-state index is 12.2. The van der Waals surface area contributed by atoms with Gasteiger partial charge in [0.1, 0.15) is 6.61 Å². The van der Waals surface area contributed by atoms with Crippen LogP contribution >= 0.6 is 34.4 Å². The molecule has 2 rings (SSSR count). The minimum absolute atomic E-state index is 0.144. The molecule has 0 aromatic heterocycles. The van der Waals surface area contributed by atoms with Gasteiger partial charge in [0.25, 0.3) is 11.1 Å². The monoisotopic (exact) mass is 457 g/mol. The standard InChI is InChI=1S/C17H16INO4S/c1-4-7-23-15-12(18)8-11(9-13(15)22-6-3)10-14-16(20)19(5-2)17(21)24-14/h1,8-10H,5-7H2,2-3H3. The molecule has 1 aliphatic heterocycles. The second kappa shape index (κ2) is 8.44. The second-order valence-electron chi connectivity index (χ2n) is 4.68. The summed E-state index contributed by atoms with van der Waals surface area (Å²) in [5.41, 5.74) is 0.762. The van der Waals surface area contributed by atoms with E-state index in [2.05, 4.69) is 28.5 Å². The van der Waals surface area contributed by atoms with Crippen LogP contribution in [0.25, 0.3) is 6.08 Å². The highest BCUT2D eigenvalue weighted by molar-refractivity contribution is 14.1. The molecule has 1 aliphatic rings. The molecule has 2 amide bonds. The van der Waals surface area contributed by atoms with Crippen LogP contribution in [0.5, 0.6) is 11.5 Å². The number of likely N-dealkylation sites (N-methyl/N-ethyl adjacent to an activating group) is 1. The van der Waals surface area contributed by atoms with Crippen LogP contribution in [0.1, 0.15) is 19.4 Å². The van der Waals surface area contributed by atoms with E-state index in [1.165, 1.54) is 4.90 Å². The number of terminal acetylenes is 1. The first kappa shape index (κ1) is 18.7. The topological polar surface area (TPSA) is 55.8 Å². The number of halogens is 1. The quantitative estimate of drug-likeness (QED) is 0.370. The number of thioether (sulfide) groups is 1. The number of amides is 2. The predicted molar refractivity (Wildman–Crippen MR) is 103 cm³/mol. The van der Waals surface area contributed by atoms with Crippen LogP contribution in [0.15, 0.2) is 17.0 Å². The fraction of sp³-hybridized carbons (Fsp3) is 0.294. The van der Waals surface area contributed by atoms with Gasteiger partial charge in [-0.3, -0.25) is 14.5 Å². The average Bonchev–Trinajstić information content (AvgIpc) is 2.80. The SMILES string of the molecule is C#CCOc1c(I)cc(C=C2SC(=O)N(CC)C2=O)cc1OCC. The number of ether oxygens (including phenoxy) is 2. The van der Waals surface area contributed by atoms with E-state index in [4.69, 9.17) is 15.9 Å². The van der Waals surface area contributed by atoms with E-state index in [1.54, 1.807) is 19.1 Å². The van der Waals surface area contributed by atoms with Crippen LogP contribution in [0.4, 0.5) is 4.79 Å². The molecule has 0 bridgehead atoms. The van der Waals surface area contributed by atoms with Crippen molar-refractivity contribution >= 4 is 51.6 Å². The summed E-state index contributed by atoms with van der Waals surface area (Å²) >= 11 is 3.07. The Balaban J connectivity index is 2.38. The van der Waals surface area contributed by atoms with Crippen LogP contribution < -0.4 is 9.47 Å². The van der Waals surface area contributed by atoms with E-state index >= 15 is 0 Å². The minimum Gasteiger partial charge on any atom is -0.490 e. The summed E-state index contributed by atoms with van der Waals surface area (Å²) in [6.45, 7) is 4.62. The Kier molecular flexibility index (Phi) is 6.57. The molecule has 1 saturated heterocycles. The van der Waals surface area contributed by atoms with Crippen LogP contribution in [0.3, 0.4) is 0 Å². The largest absolute Gasteiger partial charge is 0.490 e. The Bertz CT molecular complexity index is 739. The smallest absolute Gasteiger partial charge is 0.293 e. The van der Waals surface area contributed by atoms with Gasteiger partial charge in [-0.1, -0.05) is 5.92 Å². The highest BCUT2D eigenvalue weighted by Crippen LogP contribution is 2.37. The van der Waals surface area contributed by atoms with E-state index in [1.807, 2.05) is 13.0 Å². The summed E-state index contributed by atoms with van der Waals surface area (Å²) < 4.78 is 12.0. The van der Waals surface area contributed by atoms with Crippen molar-refractivity contribution < 1.29 is 19.1 Å². The zero-order valence-electron chi connectivity index (χ0n) is 13.3. The third-order valence-electron chi connectivity index (χ3n) is 3.12. The molecule has 1 aromatic carbocycles. The second-order valence-corrected chi connectivity index (χ2v) is 6.84. The number of nitrogens with zero attached hydrogens (tertiary/aromatic N) is 1. The lowest BCUT2D eigenvalue weighted by molar-refractivity contribution is -0.122. The van der Waals surface area contributed by atoms with Gasteiger partial charge in [-0.2, -0.15) is 0 Å². The van der Waals surface area contributed by atoms with Gasteiger partial charge in [0.2, 0.25) is 0 Å². The van der Waals surface area contributed by atoms with Crippen molar-refractivity contribution in [1.82, 2.24) is 4.90 Å². The first-order chi connectivity index (χ1) is 11.5. The molecule has 0 spiro atoms. The van der Waals surface area contributed by atoms with E-state index in [9.17, 15) is 9.59 Å². The van der Waals surface area contributed by atoms with Gasteiger partial charge >= 0.3 is 0 Å². The zero-order chi connectivity index (χ0) is 17.7. The first-order valence-corrected chi connectivity index (χ1v) is 9.19. The van der Waals surface area contributed by atoms with E-state index in [0.717, 1.165) is 20.9 Å². The highest BCUT2D eigenvalue weighted by atomic mass is 127. The van der Waals surface area contributed by atoms with Crippen molar-refractivity contribution in [2.45, 2.75) is 13.8 Å². The van der Waals surface area contributed by atoms with Gasteiger partial charge in [0.15, 0.2) is 11.5 Å². The summed E-state index contributed by atoms with van der Waals surface area (Å²) in [7, 11) is 0. The first-order valence-electron chi connectivity index (χ1n) is 7.29. The van der Waals surface area contributed by atoms with Crippen molar-refractivity contribution in [1.29, 1.82) is 0 Å². The summed E-state index contributed by atoms with van der Waals surface area (Å²) in [4.78, 5) is 25.6. The van der Waals surface area contributed by atoms with E-state index < -0.39 is 0 Å². The molecular weight excluding hydrogens is 441 g/mol. The van der Waals surface area contributed by atoms with Gasteiger partial charge in [-0.25, -0.2) is 0 Å². The summed E-state index contributed by atoms with van der Waals surface area (Å²) in [5, 5.41) is -0.248. The molecule has 0 N–H and O–H groups in total. The van der Waals surface area contributed by atoms with Gasteiger partial charge in [-0.15, -0.1) is 6.42 Å².